The predicted octanol–water partition coefficient (Wildman–Crippen LogP) is 1.50. The minimum absolute atomic E-state index is 0.256. The van der Waals surface area contributed by atoms with Crippen LogP contribution >= 0.6 is 15.9 Å². The number of carbonyl (C=O) groups is 1. The molecule has 6 nitrogen and oxygen atoms in total. The first kappa shape index (κ1) is 11.7. The smallest absolute Gasteiger partial charge is 0.325 e. The first-order valence-electron chi connectivity index (χ1n) is 4.82. The maximum absolute atomic E-state index is 10.7. The maximum Gasteiger partial charge on any atom is 0.325 e. The third-order valence-corrected chi connectivity index (χ3v) is 2.58. The standard InChI is InChI=1S/C10H9BrN4O2/c1-6-2-7(4-8(11)3-6)10-12-13-14-15(10)5-9(16)17/h2-4H,5H2,1H3,(H,16,17). The predicted molar refractivity (Wildman–Crippen MR) is 63.3 cm³/mol. The Kier molecular flexibility index (Phi) is 3.19. The molecule has 1 N–H and O–H groups in total. The summed E-state index contributed by atoms with van der Waals surface area (Å²) in [6, 6.07) is 5.70. The molecule has 0 aliphatic carbocycles. The Labute approximate surface area is 105 Å². The number of carboxylic acid groups (broad SMARTS) is 1. The van der Waals surface area contributed by atoms with Gasteiger partial charge in [0.2, 0.25) is 0 Å². The molecule has 0 amide bonds. The molecule has 0 aliphatic rings. The number of nitrogens with zero attached hydrogens (tertiary/aromatic N) is 4. The number of hydrogen-bond donors (Lipinski definition) is 1. The van der Waals surface area contributed by atoms with Gasteiger partial charge in [-0.15, -0.1) is 5.10 Å². The Hall–Kier alpha value is -1.76. The third-order valence-electron chi connectivity index (χ3n) is 2.12. The van der Waals surface area contributed by atoms with E-state index in [9.17, 15) is 4.79 Å². The molecule has 1 heterocycles. The van der Waals surface area contributed by atoms with Gasteiger partial charge in [-0.25, -0.2) is 4.68 Å². The lowest BCUT2D eigenvalue weighted by atomic mass is 10.1. The van der Waals surface area contributed by atoms with Gasteiger partial charge in [-0.05, 0) is 41.1 Å². The molecule has 2 aromatic rings. The van der Waals surface area contributed by atoms with Crippen LogP contribution in [0.5, 0.6) is 0 Å². The van der Waals surface area contributed by atoms with Crippen molar-refractivity contribution in [2.24, 2.45) is 0 Å². The topological polar surface area (TPSA) is 80.9 Å². The zero-order valence-corrected chi connectivity index (χ0v) is 10.5. The fourth-order valence-electron chi connectivity index (χ4n) is 1.51. The van der Waals surface area contributed by atoms with Gasteiger partial charge in [0.1, 0.15) is 6.54 Å². The number of halogens is 1. The van der Waals surface area contributed by atoms with Crippen LogP contribution in [0.15, 0.2) is 22.7 Å². The molecule has 17 heavy (non-hydrogen) atoms. The second kappa shape index (κ2) is 4.62. The molecule has 0 aliphatic heterocycles. The van der Waals surface area contributed by atoms with E-state index in [1.165, 1.54) is 4.68 Å². The largest absolute Gasteiger partial charge is 0.480 e. The van der Waals surface area contributed by atoms with Crippen LogP contribution < -0.4 is 0 Å². The van der Waals surface area contributed by atoms with E-state index >= 15 is 0 Å². The fraction of sp³-hybridized carbons (Fsp3) is 0.200. The van der Waals surface area contributed by atoms with Crippen molar-refractivity contribution in [3.8, 4) is 11.4 Å². The molecule has 0 saturated carbocycles. The highest BCUT2D eigenvalue weighted by Gasteiger charge is 2.12. The average molecular weight is 297 g/mol. The molecule has 0 fully saturated rings. The Morgan fingerprint density at radius 2 is 2.24 bits per heavy atom. The van der Waals surface area contributed by atoms with Crippen LogP contribution in [0.25, 0.3) is 11.4 Å². The molecule has 1 aromatic heterocycles. The maximum atomic E-state index is 10.7. The van der Waals surface area contributed by atoms with Crippen molar-refractivity contribution in [1.29, 1.82) is 0 Å². The van der Waals surface area contributed by atoms with E-state index in [1.807, 2.05) is 25.1 Å². The van der Waals surface area contributed by atoms with Crippen molar-refractivity contribution in [3.05, 3.63) is 28.2 Å². The Bertz CT molecular complexity index is 547. The SMILES string of the molecule is Cc1cc(Br)cc(-c2nnnn2CC(=O)O)c1. The fourth-order valence-corrected chi connectivity index (χ4v) is 2.12. The highest BCUT2D eigenvalue weighted by atomic mass is 79.9. The van der Waals surface area contributed by atoms with E-state index in [4.69, 9.17) is 5.11 Å². The van der Waals surface area contributed by atoms with Crippen LogP contribution in [0.3, 0.4) is 0 Å². The number of tetrazole rings is 1. The molecule has 1 aromatic carbocycles. The van der Waals surface area contributed by atoms with E-state index in [2.05, 4.69) is 31.5 Å². The zero-order chi connectivity index (χ0) is 12.4. The van der Waals surface area contributed by atoms with Crippen LogP contribution in [0, 0.1) is 6.92 Å². The number of rotatable bonds is 3. The Balaban J connectivity index is 2.45. The van der Waals surface area contributed by atoms with Crippen molar-refractivity contribution < 1.29 is 9.90 Å². The summed E-state index contributed by atoms with van der Waals surface area (Å²) in [7, 11) is 0. The lowest BCUT2D eigenvalue weighted by molar-refractivity contribution is -0.137. The second-order valence-electron chi connectivity index (χ2n) is 3.57. The molecule has 0 radical (unpaired) electrons. The number of aliphatic carboxylic acids is 1. The van der Waals surface area contributed by atoms with Crippen LogP contribution in [0.2, 0.25) is 0 Å². The zero-order valence-electron chi connectivity index (χ0n) is 8.96. The third kappa shape index (κ3) is 2.68. The van der Waals surface area contributed by atoms with E-state index in [0.717, 1.165) is 15.6 Å². The van der Waals surface area contributed by atoms with Crippen LogP contribution in [0.1, 0.15) is 5.56 Å². The number of benzene rings is 1. The summed E-state index contributed by atoms with van der Waals surface area (Å²) < 4.78 is 2.15. The van der Waals surface area contributed by atoms with E-state index in [0.29, 0.717) is 5.82 Å². The number of hydrogen-bond acceptors (Lipinski definition) is 4. The van der Waals surface area contributed by atoms with Crippen LogP contribution in [-0.4, -0.2) is 31.3 Å². The molecule has 0 bridgehead atoms. The average Bonchev–Trinajstić information content (AvgIpc) is 2.63. The summed E-state index contributed by atoms with van der Waals surface area (Å²) in [6.45, 7) is 1.69. The van der Waals surface area contributed by atoms with Crippen LogP contribution in [-0.2, 0) is 11.3 Å². The summed E-state index contributed by atoms with van der Waals surface area (Å²) in [5.41, 5.74) is 1.82. The molecule has 0 unspecified atom stereocenters. The van der Waals surface area contributed by atoms with Crippen molar-refractivity contribution in [1.82, 2.24) is 20.2 Å². The number of aromatic nitrogens is 4. The molecule has 88 valence electrons. The van der Waals surface area contributed by atoms with Crippen LogP contribution in [0.4, 0.5) is 0 Å². The minimum atomic E-state index is -0.981. The molecule has 0 spiro atoms. The van der Waals surface area contributed by atoms with Gasteiger partial charge in [-0.3, -0.25) is 4.79 Å². The van der Waals surface area contributed by atoms with Gasteiger partial charge in [0, 0.05) is 10.0 Å². The van der Waals surface area contributed by atoms with Gasteiger partial charge in [0.05, 0.1) is 0 Å². The summed E-state index contributed by atoms with van der Waals surface area (Å²) in [5.74, 6) is -0.540. The second-order valence-corrected chi connectivity index (χ2v) is 4.49. The molecular formula is C10H9BrN4O2. The first-order valence-corrected chi connectivity index (χ1v) is 5.61. The molecule has 0 saturated heterocycles. The summed E-state index contributed by atoms with van der Waals surface area (Å²) in [5, 5.41) is 19.7. The monoisotopic (exact) mass is 296 g/mol. The Morgan fingerprint density at radius 1 is 1.47 bits per heavy atom. The minimum Gasteiger partial charge on any atom is -0.480 e. The summed E-state index contributed by atoms with van der Waals surface area (Å²) in [4.78, 5) is 10.7. The van der Waals surface area contributed by atoms with E-state index in [1.54, 1.807) is 0 Å². The van der Waals surface area contributed by atoms with E-state index in [-0.39, 0.29) is 6.54 Å². The van der Waals surface area contributed by atoms with Crippen molar-refractivity contribution in [2.75, 3.05) is 0 Å². The number of aryl methyl sites for hydroxylation is 1. The lowest BCUT2D eigenvalue weighted by Gasteiger charge is -2.03. The van der Waals surface area contributed by atoms with Gasteiger partial charge in [0.15, 0.2) is 5.82 Å². The first-order chi connectivity index (χ1) is 8.06. The van der Waals surface area contributed by atoms with Gasteiger partial charge >= 0.3 is 5.97 Å². The summed E-state index contributed by atoms with van der Waals surface area (Å²) >= 11 is 3.38. The van der Waals surface area contributed by atoms with Gasteiger partial charge in [-0.2, -0.15) is 0 Å². The van der Waals surface area contributed by atoms with Crippen molar-refractivity contribution in [3.63, 3.8) is 0 Å². The molecular weight excluding hydrogens is 288 g/mol. The van der Waals surface area contributed by atoms with Crippen molar-refractivity contribution >= 4 is 21.9 Å². The normalized spacial score (nSPS) is 10.5. The van der Waals surface area contributed by atoms with Gasteiger partial charge < -0.3 is 5.11 Å². The number of carboxylic acids is 1. The molecule has 7 heteroatoms. The van der Waals surface area contributed by atoms with Gasteiger partial charge in [-0.1, -0.05) is 15.9 Å². The Morgan fingerprint density at radius 3 is 2.88 bits per heavy atom. The van der Waals surface area contributed by atoms with E-state index < -0.39 is 5.97 Å². The highest BCUT2D eigenvalue weighted by molar-refractivity contribution is 9.10. The molecule has 2 rings (SSSR count). The van der Waals surface area contributed by atoms with Gasteiger partial charge in [0.25, 0.3) is 0 Å². The highest BCUT2D eigenvalue weighted by Crippen LogP contribution is 2.22. The molecule has 0 atom stereocenters. The lowest BCUT2D eigenvalue weighted by Crippen LogP contribution is -2.11. The quantitative estimate of drug-likeness (QED) is 0.928. The summed E-state index contributed by atoms with van der Waals surface area (Å²) in [6.07, 6.45) is 0. The van der Waals surface area contributed by atoms with Crippen molar-refractivity contribution in [2.45, 2.75) is 13.5 Å².